The molecule has 3 aromatic rings. The van der Waals surface area contributed by atoms with E-state index in [0.29, 0.717) is 22.9 Å². The molecule has 0 radical (unpaired) electrons. The van der Waals surface area contributed by atoms with Crippen LogP contribution in [-0.4, -0.2) is 22.7 Å². The van der Waals surface area contributed by atoms with E-state index < -0.39 is 0 Å². The number of halogens is 1. The Balaban J connectivity index is 1.76. The van der Waals surface area contributed by atoms with E-state index in [1.54, 1.807) is 42.3 Å². The molecule has 0 saturated carbocycles. The van der Waals surface area contributed by atoms with Gasteiger partial charge in [-0.2, -0.15) is 5.10 Å². The summed E-state index contributed by atoms with van der Waals surface area (Å²) in [6.45, 7) is 4.88. The summed E-state index contributed by atoms with van der Waals surface area (Å²) in [6, 6.07) is 12.9. The van der Waals surface area contributed by atoms with Gasteiger partial charge in [-0.25, -0.2) is 0 Å². The lowest BCUT2D eigenvalue weighted by Crippen LogP contribution is -1.99. The second-order valence-electron chi connectivity index (χ2n) is 6.50. The van der Waals surface area contributed by atoms with Gasteiger partial charge in [0.2, 0.25) is 0 Å². The van der Waals surface area contributed by atoms with Crippen LogP contribution >= 0.6 is 11.6 Å². The van der Waals surface area contributed by atoms with Gasteiger partial charge >= 0.3 is 0 Å². The lowest BCUT2D eigenvalue weighted by atomic mass is 10.1. The largest absolute Gasteiger partial charge is 0.496 e. The van der Waals surface area contributed by atoms with Crippen molar-refractivity contribution in [3.63, 3.8) is 0 Å². The Bertz CT molecular complexity index is 1040. The second kappa shape index (κ2) is 9.43. The first-order valence-corrected chi connectivity index (χ1v) is 9.69. The number of rotatable bonds is 8. The van der Waals surface area contributed by atoms with Gasteiger partial charge in [0.25, 0.3) is 0 Å². The van der Waals surface area contributed by atoms with E-state index in [-0.39, 0.29) is 5.78 Å². The van der Waals surface area contributed by atoms with Crippen LogP contribution in [0.5, 0.6) is 11.5 Å². The number of allylic oxidation sites excluding steroid dienone is 1. The van der Waals surface area contributed by atoms with Crippen molar-refractivity contribution in [3.05, 3.63) is 82.1 Å². The Morgan fingerprint density at radius 1 is 1.24 bits per heavy atom. The van der Waals surface area contributed by atoms with E-state index in [1.165, 1.54) is 0 Å². The van der Waals surface area contributed by atoms with Gasteiger partial charge in [0.15, 0.2) is 5.78 Å². The zero-order valence-corrected chi connectivity index (χ0v) is 17.4. The van der Waals surface area contributed by atoms with Crippen molar-refractivity contribution in [2.45, 2.75) is 27.0 Å². The van der Waals surface area contributed by atoms with Gasteiger partial charge in [-0.05, 0) is 55.8 Å². The SMILES string of the molecule is CCn1cc(C(=O)/C=C/c2ccc(OC)c(COc3cccc(Cl)c3)c2)c(C)n1. The first-order valence-electron chi connectivity index (χ1n) is 9.32. The van der Waals surface area contributed by atoms with E-state index in [0.717, 1.165) is 29.1 Å². The van der Waals surface area contributed by atoms with Gasteiger partial charge in [-0.1, -0.05) is 29.8 Å². The van der Waals surface area contributed by atoms with E-state index in [9.17, 15) is 4.79 Å². The van der Waals surface area contributed by atoms with Crippen molar-refractivity contribution in [1.82, 2.24) is 9.78 Å². The van der Waals surface area contributed by atoms with Crippen LogP contribution in [0.15, 0.2) is 54.7 Å². The molecule has 0 fully saturated rings. The summed E-state index contributed by atoms with van der Waals surface area (Å²) in [7, 11) is 1.62. The summed E-state index contributed by atoms with van der Waals surface area (Å²) in [4.78, 5) is 12.5. The lowest BCUT2D eigenvalue weighted by molar-refractivity contribution is 0.104. The van der Waals surface area contributed by atoms with Crippen molar-refractivity contribution in [2.75, 3.05) is 7.11 Å². The highest BCUT2D eigenvalue weighted by molar-refractivity contribution is 6.30. The van der Waals surface area contributed by atoms with Gasteiger partial charge in [0.05, 0.1) is 18.4 Å². The summed E-state index contributed by atoms with van der Waals surface area (Å²) >= 11 is 6.00. The smallest absolute Gasteiger partial charge is 0.189 e. The highest BCUT2D eigenvalue weighted by atomic mass is 35.5. The summed E-state index contributed by atoms with van der Waals surface area (Å²) in [6.07, 6.45) is 5.13. The van der Waals surface area contributed by atoms with Crippen LogP contribution in [-0.2, 0) is 13.2 Å². The molecule has 1 aromatic heterocycles. The Morgan fingerprint density at radius 3 is 2.76 bits per heavy atom. The molecule has 0 N–H and O–H groups in total. The van der Waals surface area contributed by atoms with E-state index in [4.69, 9.17) is 21.1 Å². The Hall–Kier alpha value is -3.05. The molecule has 1 heterocycles. The third-order valence-corrected chi connectivity index (χ3v) is 4.69. The maximum atomic E-state index is 12.5. The number of ether oxygens (including phenoxy) is 2. The topological polar surface area (TPSA) is 53.4 Å². The van der Waals surface area contributed by atoms with Gasteiger partial charge < -0.3 is 9.47 Å². The number of aryl methyl sites for hydroxylation is 2. The predicted octanol–water partition coefficient (Wildman–Crippen LogP) is 5.35. The highest BCUT2D eigenvalue weighted by Gasteiger charge is 2.11. The minimum atomic E-state index is -0.0743. The summed E-state index contributed by atoms with van der Waals surface area (Å²) < 4.78 is 13.0. The van der Waals surface area contributed by atoms with Crippen molar-refractivity contribution in [3.8, 4) is 11.5 Å². The minimum absolute atomic E-state index is 0.0743. The third kappa shape index (κ3) is 5.27. The average molecular weight is 411 g/mol. The highest BCUT2D eigenvalue weighted by Crippen LogP contribution is 2.24. The predicted molar refractivity (Wildman–Crippen MR) is 115 cm³/mol. The molecular weight excluding hydrogens is 388 g/mol. The molecule has 0 unspecified atom stereocenters. The summed E-state index contributed by atoms with van der Waals surface area (Å²) in [5.74, 6) is 1.32. The molecule has 0 atom stereocenters. The number of methoxy groups -OCH3 is 1. The Kier molecular flexibility index (Phi) is 6.73. The zero-order chi connectivity index (χ0) is 20.8. The number of carbonyl (C=O) groups excluding carboxylic acids is 1. The van der Waals surface area contributed by atoms with Crippen LogP contribution in [0.2, 0.25) is 5.02 Å². The fourth-order valence-electron chi connectivity index (χ4n) is 2.92. The maximum absolute atomic E-state index is 12.5. The third-order valence-electron chi connectivity index (χ3n) is 4.46. The first kappa shape index (κ1) is 20.7. The second-order valence-corrected chi connectivity index (χ2v) is 6.94. The molecular formula is C23H23ClN2O3. The number of hydrogen-bond acceptors (Lipinski definition) is 4. The van der Waals surface area contributed by atoms with Gasteiger partial charge in [0, 0.05) is 23.3 Å². The Labute approximate surface area is 175 Å². The maximum Gasteiger partial charge on any atom is 0.189 e. The quantitative estimate of drug-likeness (QED) is 0.371. The standard InChI is InChI=1S/C23H23ClN2O3/c1-4-26-14-21(16(2)25-26)22(27)10-8-17-9-11-23(28-3)18(12-17)15-29-20-7-5-6-19(24)13-20/h5-14H,4,15H2,1-3H3/b10-8+. The van der Waals surface area contributed by atoms with Crippen LogP contribution in [0, 0.1) is 6.92 Å². The lowest BCUT2D eigenvalue weighted by Gasteiger charge is -2.11. The van der Waals surface area contributed by atoms with Gasteiger partial charge in [0.1, 0.15) is 18.1 Å². The van der Waals surface area contributed by atoms with Crippen LogP contribution in [0.1, 0.15) is 34.1 Å². The molecule has 0 spiro atoms. The molecule has 5 nitrogen and oxygen atoms in total. The fourth-order valence-corrected chi connectivity index (χ4v) is 3.10. The number of benzene rings is 2. The molecule has 0 saturated heterocycles. The number of nitrogens with zero attached hydrogens (tertiary/aromatic N) is 2. The van der Waals surface area contributed by atoms with Crippen molar-refractivity contribution >= 4 is 23.5 Å². The zero-order valence-electron chi connectivity index (χ0n) is 16.7. The summed E-state index contributed by atoms with van der Waals surface area (Å²) in [5, 5.41) is 4.94. The fraction of sp³-hybridized carbons (Fsp3) is 0.217. The molecule has 2 aromatic carbocycles. The molecule has 6 heteroatoms. The molecule has 0 bridgehead atoms. The van der Waals surface area contributed by atoms with Gasteiger partial charge in [-0.3, -0.25) is 9.48 Å². The molecule has 0 aliphatic heterocycles. The number of hydrogen-bond donors (Lipinski definition) is 0. The van der Waals surface area contributed by atoms with E-state index in [1.807, 2.05) is 44.2 Å². The monoisotopic (exact) mass is 410 g/mol. The number of carbonyl (C=O) groups is 1. The van der Waals surface area contributed by atoms with E-state index in [2.05, 4.69) is 5.10 Å². The van der Waals surface area contributed by atoms with Crippen molar-refractivity contribution in [1.29, 1.82) is 0 Å². The van der Waals surface area contributed by atoms with Crippen LogP contribution in [0.3, 0.4) is 0 Å². The van der Waals surface area contributed by atoms with Gasteiger partial charge in [-0.15, -0.1) is 0 Å². The average Bonchev–Trinajstić information content (AvgIpc) is 3.11. The number of aromatic nitrogens is 2. The van der Waals surface area contributed by atoms with Crippen LogP contribution in [0.4, 0.5) is 0 Å². The van der Waals surface area contributed by atoms with Crippen molar-refractivity contribution in [2.24, 2.45) is 0 Å². The summed E-state index contributed by atoms with van der Waals surface area (Å²) in [5.41, 5.74) is 3.09. The van der Waals surface area contributed by atoms with Crippen LogP contribution < -0.4 is 9.47 Å². The molecule has 0 aliphatic rings. The molecule has 0 amide bonds. The van der Waals surface area contributed by atoms with Crippen LogP contribution in [0.25, 0.3) is 6.08 Å². The molecule has 0 aliphatic carbocycles. The van der Waals surface area contributed by atoms with E-state index >= 15 is 0 Å². The minimum Gasteiger partial charge on any atom is -0.496 e. The molecule has 29 heavy (non-hydrogen) atoms. The Morgan fingerprint density at radius 2 is 2.07 bits per heavy atom. The first-order chi connectivity index (χ1) is 14.0. The normalized spacial score (nSPS) is 11.0. The van der Waals surface area contributed by atoms with Crippen molar-refractivity contribution < 1.29 is 14.3 Å². The number of ketones is 1. The molecule has 3 rings (SSSR count). The molecule has 150 valence electrons.